The first kappa shape index (κ1) is 11.2. The van der Waals surface area contributed by atoms with Crippen molar-refractivity contribution in [3.8, 4) is 0 Å². The first-order valence-corrected chi connectivity index (χ1v) is 4.47. The summed E-state index contributed by atoms with van der Waals surface area (Å²) in [7, 11) is 0. The van der Waals surface area contributed by atoms with Gasteiger partial charge in [-0.25, -0.2) is 4.98 Å². The number of pyridine rings is 1. The third-order valence-electron chi connectivity index (χ3n) is 1.58. The first-order valence-electron chi connectivity index (χ1n) is 3.71. The highest BCUT2D eigenvalue weighted by Crippen LogP contribution is 2.26. The lowest BCUT2D eigenvalue weighted by Gasteiger charge is -2.09. The SMILES string of the molecule is O=C(O)C[C@H](O)c1cnc(Cl)cc1Cl. The lowest BCUT2D eigenvalue weighted by Crippen LogP contribution is -2.06. The molecule has 1 aromatic heterocycles. The summed E-state index contributed by atoms with van der Waals surface area (Å²) in [6.45, 7) is 0. The van der Waals surface area contributed by atoms with Crippen LogP contribution in [0.25, 0.3) is 0 Å². The molecule has 0 unspecified atom stereocenters. The molecular weight excluding hydrogens is 229 g/mol. The number of hydrogen-bond donors (Lipinski definition) is 2. The van der Waals surface area contributed by atoms with E-state index in [-0.39, 0.29) is 15.7 Å². The van der Waals surface area contributed by atoms with Gasteiger partial charge in [0.15, 0.2) is 0 Å². The maximum absolute atomic E-state index is 10.3. The van der Waals surface area contributed by atoms with Crippen LogP contribution in [-0.2, 0) is 4.79 Å². The van der Waals surface area contributed by atoms with Gasteiger partial charge in [-0.3, -0.25) is 4.79 Å². The third kappa shape index (κ3) is 2.83. The molecule has 0 aromatic carbocycles. The normalized spacial score (nSPS) is 12.5. The molecule has 0 bridgehead atoms. The molecule has 1 atom stereocenters. The summed E-state index contributed by atoms with van der Waals surface area (Å²) in [6.07, 6.45) is -0.314. The van der Waals surface area contributed by atoms with Crippen LogP contribution in [0.3, 0.4) is 0 Å². The average Bonchev–Trinajstić information content (AvgIpc) is 2.01. The number of halogens is 2. The van der Waals surface area contributed by atoms with E-state index in [4.69, 9.17) is 28.3 Å². The molecule has 0 aliphatic heterocycles. The van der Waals surface area contributed by atoms with E-state index in [9.17, 15) is 9.90 Å². The number of nitrogens with zero attached hydrogens (tertiary/aromatic N) is 1. The highest BCUT2D eigenvalue weighted by atomic mass is 35.5. The summed E-state index contributed by atoms with van der Waals surface area (Å²) in [4.78, 5) is 14.0. The van der Waals surface area contributed by atoms with Crippen molar-refractivity contribution in [1.29, 1.82) is 0 Å². The fourth-order valence-corrected chi connectivity index (χ4v) is 1.43. The molecule has 0 saturated heterocycles. The highest BCUT2D eigenvalue weighted by molar-refractivity contribution is 6.34. The standard InChI is InChI=1S/C8H7Cl2NO3/c9-5-1-7(10)11-3-4(5)6(12)2-8(13)14/h1,3,6,12H,2H2,(H,13,14)/t6-/m0/s1. The number of rotatable bonds is 3. The van der Waals surface area contributed by atoms with Crippen LogP contribution < -0.4 is 0 Å². The average molecular weight is 236 g/mol. The van der Waals surface area contributed by atoms with E-state index in [2.05, 4.69) is 4.98 Å². The van der Waals surface area contributed by atoms with Crippen molar-refractivity contribution in [1.82, 2.24) is 4.98 Å². The number of hydrogen-bond acceptors (Lipinski definition) is 3. The summed E-state index contributed by atoms with van der Waals surface area (Å²) < 4.78 is 0. The van der Waals surface area contributed by atoms with Crippen LogP contribution >= 0.6 is 23.2 Å². The van der Waals surface area contributed by atoms with Gasteiger partial charge in [-0.15, -0.1) is 0 Å². The molecule has 14 heavy (non-hydrogen) atoms. The summed E-state index contributed by atoms with van der Waals surface area (Å²) in [5, 5.41) is 18.3. The van der Waals surface area contributed by atoms with Crippen molar-refractivity contribution in [2.45, 2.75) is 12.5 Å². The fourth-order valence-electron chi connectivity index (χ4n) is 0.939. The second kappa shape index (κ2) is 4.59. The Labute approximate surface area is 90.1 Å². The minimum Gasteiger partial charge on any atom is -0.481 e. The van der Waals surface area contributed by atoms with E-state index in [0.29, 0.717) is 0 Å². The quantitative estimate of drug-likeness (QED) is 0.786. The largest absolute Gasteiger partial charge is 0.481 e. The van der Waals surface area contributed by atoms with Crippen LogP contribution in [0.4, 0.5) is 0 Å². The zero-order valence-electron chi connectivity index (χ0n) is 6.94. The Morgan fingerprint density at radius 3 is 2.71 bits per heavy atom. The summed E-state index contributed by atoms with van der Waals surface area (Å²) in [5.41, 5.74) is 0.262. The predicted octanol–water partition coefficient (Wildman–Crippen LogP) is 1.90. The number of aliphatic hydroxyl groups is 1. The molecule has 1 heterocycles. The molecule has 1 aromatic rings. The van der Waals surface area contributed by atoms with Crippen molar-refractivity contribution in [2.75, 3.05) is 0 Å². The minimum atomic E-state index is -1.16. The van der Waals surface area contributed by atoms with Crippen molar-refractivity contribution >= 4 is 29.2 Å². The highest BCUT2D eigenvalue weighted by Gasteiger charge is 2.15. The van der Waals surface area contributed by atoms with E-state index in [1.165, 1.54) is 12.3 Å². The Kier molecular flexibility index (Phi) is 3.69. The maximum atomic E-state index is 10.3. The van der Waals surface area contributed by atoms with Crippen molar-refractivity contribution in [2.24, 2.45) is 0 Å². The van der Waals surface area contributed by atoms with Gasteiger partial charge in [-0.2, -0.15) is 0 Å². The molecular formula is C8H7Cl2NO3. The van der Waals surface area contributed by atoms with Gasteiger partial charge in [0.1, 0.15) is 5.15 Å². The van der Waals surface area contributed by atoms with E-state index in [1.807, 2.05) is 0 Å². The molecule has 4 nitrogen and oxygen atoms in total. The molecule has 76 valence electrons. The van der Waals surface area contributed by atoms with Gasteiger partial charge < -0.3 is 10.2 Å². The Morgan fingerprint density at radius 1 is 1.57 bits per heavy atom. The topological polar surface area (TPSA) is 70.4 Å². The van der Waals surface area contributed by atoms with E-state index in [0.717, 1.165) is 0 Å². The number of carboxylic acids is 1. The van der Waals surface area contributed by atoms with Crippen molar-refractivity contribution in [3.63, 3.8) is 0 Å². The molecule has 0 fully saturated rings. The van der Waals surface area contributed by atoms with Crippen LogP contribution in [-0.4, -0.2) is 21.2 Å². The maximum Gasteiger partial charge on any atom is 0.306 e. The number of carbonyl (C=O) groups is 1. The molecule has 1 rings (SSSR count). The zero-order valence-corrected chi connectivity index (χ0v) is 8.46. The third-order valence-corrected chi connectivity index (χ3v) is 2.11. The Balaban J connectivity index is 2.90. The monoisotopic (exact) mass is 235 g/mol. The minimum absolute atomic E-state index is 0.196. The Bertz CT molecular complexity index is 356. The lowest BCUT2D eigenvalue weighted by molar-refractivity contribution is -0.139. The van der Waals surface area contributed by atoms with E-state index in [1.54, 1.807) is 0 Å². The van der Waals surface area contributed by atoms with Crippen LogP contribution in [0.2, 0.25) is 10.2 Å². The molecule has 0 radical (unpaired) electrons. The van der Waals surface area contributed by atoms with Gasteiger partial charge in [-0.1, -0.05) is 23.2 Å². The molecule has 6 heteroatoms. The molecule has 2 N–H and O–H groups in total. The van der Waals surface area contributed by atoms with Crippen LogP contribution in [0, 0.1) is 0 Å². The summed E-state index contributed by atoms with van der Waals surface area (Å²) >= 11 is 11.3. The molecule has 0 aliphatic rings. The smallest absolute Gasteiger partial charge is 0.306 e. The zero-order chi connectivity index (χ0) is 10.7. The predicted molar refractivity (Wildman–Crippen MR) is 51.5 cm³/mol. The molecule has 0 amide bonds. The molecule has 0 aliphatic carbocycles. The van der Waals surface area contributed by atoms with Crippen molar-refractivity contribution < 1.29 is 15.0 Å². The second-order valence-electron chi connectivity index (χ2n) is 2.64. The number of aliphatic carboxylic acids is 1. The Hall–Kier alpha value is -0.840. The molecule has 0 saturated carbocycles. The molecule has 0 spiro atoms. The van der Waals surface area contributed by atoms with Crippen LogP contribution in [0.5, 0.6) is 0 Å². The van der Waals surface area contributed by atoms with Gasteiger partial charge in [0, 0.05) is 11.8 Å². The number of carboxylic acid groups (broad SMARTS) is 1. The van der Waals surface area contributed by atoms with Gasteiger partial charge >= 0.3 is 5.97 Å². The van der Waals surface area contributed by atoms with Crippen LogP contribution in [0.15, 0.2) is 12.3 Å². The Morgan fingerprint density at radius 2 is 2.21 bits per heavy atom. The van der Waals surface area contributed by atoms with Gasteiger partial charge in [0.25, 0.3) is 0 Å². The fraction of sp³-hybridized carbons (Fsp3) is 0.250. The van der Waals surface area contributed by atoms with E-state index >= 15 is 0 Å². The number of aromatic nitrogens is 1. The number of aliphatic hydroxyl groups excluding tert-OH is 1. The lowest BCUT2D eigenvalue weighted by atomic mass is 10.1. The summed E-state index contributed by atoms with van der Waals surface area (Å²) in [6, 6.07) is 1.35. The van der Waals surface area contributed by atoms with E-state index < -0.39 is 18.5 Å². The van der Waals surface area contributed by atoms with Gasteiger partial charge in [-0.05, 0) is 6.07 Å². The second-order valence-corrected chi connectivity index (χ2v) is 3.44. The van der Waals surface area contributed by atoms with Gasteiger partial charge in [0.2, 0.25) is 0 Å². The van der Waals surface area contributed by atoms with Crippen molar-refractivity contribution in [3.05, 3.63) is 28.0 Å². The summed E-state index contributed by atoms with van der Waals surface area (Å²) in [5.74, 6) is -1.11. The first-order chi connectivity index (χ1) is 6.50. The van der Waals surface area contributed by atoms with Gasteiger partial charge in [0.05, 0.1) is 17.5 Å². The van der Waals surface area contributed by atoms with Crippen LogP contribution in [0.1, 0.15) is 18.1 Å².